The van der Waals surface area contributed by atoms with Crippen LogP contribution in [-0.4, -0.2) is 28.1 Å². The van der Waals surface area contributed by atoms with Crippen LogP contribution in [0, 0.1) is 0 Å². The van der Waals surface area contributed by atoms with Crippen molar-refractivity contribution in [1.82, 2.24) is 10.6 Å². The van der Waals surface area contributed by atoms with E-state index in [-0.39, 0.29) is 16.4 Å². The molecular weight excluding hydrogens is 521 g/mol. The lowest BCUT2D eigenvalue weighted by Gasteiger charge is -2.18. The van der Waals surface area contributed by atoms with Crippen molar-refractivity contribution in [2.45, 2.75) is 36.6 Å². The number of halogens is 2. The summed E-state index contributed by atoms with van der Waals surface area (Å²) in [5, 5.41) is 9.58. The molecule has 4 rings (SSSR count). The summed E-state index contributed by atoms with van der Waals surface area (Å²) in [6.45, 7) is 3.46. The van der Waals surface area contributed by atoms with Crippen LogP contribution in [0.1, 0.15) is 35.2 Å². The zero-order chi connectivity index (χ0) is 25.9. The highest BCUT2D eigenvalue weighted by Gasteiger charge is 2.21. The van der Waals surface area contributed by atoms with Crippen molar-refractivity contribution in [2.24, 2.45) is 0 Å². The third-order valence-corrected chi connectivity index (χ3v) is 8.61. The van der Waals surface area contributed by atoms with Crippen molar-refractivity contribution < 1.29 is 17.9 Å². The van der Waals surface area contributed by atoms with Gasteiger partial charge >= 0.3 is 6.03 Å². The van der Waals surface area contributed by atoms with Crippen LogP contribution in [-0.2, 0) is 28.6 Å². The second-order valence-corrected chi connectivity index (χ2v) is 11.4. The predicted molar refractivity (Wildman–Crippen MR) is 143 cm³/mol. The summed E-state index contributed by atoms with van der Waals surface area (Å²) in [4.78, 5) is 12.7. The minimum absolute atomic E-state index is 0.115. The topological polar surface area (TPSA) is 96.5 Å². The van der Waals surface area contributed by atoms with Crippen LogP contribution in [0.2, 0.25) is 10.0 Å². The molecule has 0 unspecified atom stereocenters. The van der Waals surface area contributed by atoms with E-state index in [1.807, 2.05) is 18.2 Å². The predicted octanol–water partition coefficient (Wildman–Crippen LogP) is 5.50. The average molecular weight is 548 g/mol. The van der Waals surface area contributed by atoms with E-state index in [1.165, 1.54) is 36.4 Å². The Labute approximate surface area is 221 Å². The molecule has 1 heterocycles. The lowest BCUT2D eigenvalue weighted by atomic mass is 9.99. The van der Waals surface area contributed by atoms with Crippen molar-refractivity contribution in [3.05, 3.63) is 86.9 Å². The molecule has 3 N–H and O–H groups in total. The SMILES string of the molecule is COc1cc(S(=O)(=O)Cc2ccc3c(c2)CCNC3)ccc1NC(=O)N[C@H](C)c1cccc(Cl)c1Cl. The van der Waals surface area contributed by atoms with E-state index >= 15 is 0 Å². The molecule has 1 atom stereocenters. The summed E-state index contributed by atoms with van der Waals surface area (Å²) >= 11 is 12.3. The first-order chi connectivity index (χ1) is 17.2. The molecule has 7 nitrogen and oxygen atoms in total. The fourth-order valence-electron chi connectivity index (χ4n) is 4.18. The van der Waals surface area contributed by atoms with Crippen LogP contribution < -0.4 is 20.7 Å². The summed E-state index contributed by atoms with van der Waals surface area (Å²) in [6.07, 6.45) is 0.877. The van der Waals surface area contributed by atoms with Gasteiger partial charge in [0.1, 0.15) is 5.75 Å². The standard InChI is InChI=1S/C26H27Cl2N3O4S/c1-16(21-4-3-5-22(27)25(21)28)30-26(32)31-23-9-8-20(13-24(23)35-2)36(33,34)15-17-6-7-19-14-29-11-10-18(19)12-17/h3-9,12-13,16,29H,10-11,14-15H2,1-2H3,(H2,30,31,32)/t16-/m1/s1. The maximum atomic E-state index is 13.1. The second kappa shape index (κ2) is 11.1. The van der Waals surface area contributed by atoms with E-state index in [4.69, 9.17) is 27.9 Å². The number of amides is 2. The highest BCUT2D eigenvalue weighted by atomic mass is 35.5. The summed E-state index contributed by atoms with van der Waals surface area (Å²) in [6, 6.07) is 14.5. The number of carbonyl (C=O) groups excluding carboxylic acids is 1. The summed E-state index contributed by atoms with van der Waals surface area (Å²) < 4.78 is 31.7. The average Bonchev–Trinajstić information content (AvgIpc) is 2.85. The molecule has 0 saturated heterocycles. The fraction of sp³-hybridized carbons (Fsp3) is 0.269. The number of ether oxygens (including phenoxy) is 1. The van der Waals surface area contributed by atoms with Gasteiger partial charge in [0.2, 0.25) is 0 Å². The van der Waals surface area contributed by atoms with Crippen LogP contribution >= 0.6 is 23.2 Å². The van der Waals surface area contributed by atoms with Gasteiger partial charge in [-0.15, -0.1) is 0 Å². The molecule has 0 aromatic heterocycles. The van der Waals surface area contributed by atoms with Crippen molar-refractivity contribution in [3.8, 4) is 5.75 Å². The fourth-order valence-corrected chi connectivity index (χ4v) is 6.00. The Hall–Kier alpha value is -2.78. The van der Waals surface area contributed by atoms with E-state index in [0.717, 1.165) is 25.1 Å². The minimum Gasteiger partial charge on any atom is -0.495 e. The molecule has 0 saturated carbocycles. The van der Waals surface area contributed by atoms with Gasteiger partial charge in [-0.25, -0.2) is 13.2 Å². The van der Waals surface area contributed by atoms with E-state index in [0.29, 0.717) is 21.3 Å². The molecule has 2 amide bonds. The molecule has 0 aliphatic carbocycles. The Balaban J connectivity index is 1.47. The molecule has 0 bridgehead atoms. The van der Waals surface area contributed by atoms with Gasteiger partial charge in [-0.3, -0.25) is 0 Å². The Kier molecular flexibility index (Phi) is 8.10. The quantitative estimate of drug-likeness (QED) is 0.362. The molecule has 1 aliphatic heterocycles. The first-order valence-corrected chi connectivity index (χ1v) is 13.8. The number of sulfone groups is 1. The normalized spacial score (nSPS) is 14.0. The van der Waals surface area contributed by atoms with E-state index < -0.39 is 21.9 Å². The van der Waals surface area contributed by atoms with E-state index in [2.05, 4.69) is 16.0 Å². The van der Waals surface area contributed by atoms with Gasteiger partial charge in [-0.2, -0.15) is 0 Å². The van der Waals surface area contributed by atoms with Crippen LogP contribution in [0.4, 0.5) is 10.5 Å². The van der Waals surface area contributed by atoms with Crippen molar-refractivity contribution in [1.29, 1.82) is 0 Å². The van der Waals surface area contributed by atoms with Gasteiger partial charge in [-0.1, -0.05) is 53.5 Å². The van der Waals surface area contributed by atoms with Gasteiger partial charge < -0.3 is 20.7 Å². The molecular formula is C26H27Cl2N3O4S. The number of methoxy groups -OCH3 is 1. The lowest BCUT2D eigenvalue weighted by molar-refractivity contribution is 0.249. The van der Waals surface area contributed by atoms with Crippen LogP contribution in [0.3, 0.4) is 0 Å². The summed E-state index contributed by atoms with van der Waals surface area (Å²) in [7, 11) is -2.22. The van der Waals surface area contributed by atoms with Crippen molar-refractivity contribution in [2.75, 3.05) is 19.0 Å². The molecule has 0 spiro atoms. The van der Waals surface area contributed by atoms with Crippen LogP contribution in [0.15, 0.2) is 59.5 Å². The minimum atomic E-state index is -3.63. The molecule has 0 radical (unpaired) electrons. The molecule has 10 heteroatoms. The summed E-state index contributed by atoms with van der Waals surface area (Å²) in [5.41, 5.74) is 4.12. The third kappa shape index (κ3) is 5.95. The lowest BCUT2D eigenvalue weighted by Crippen LogP contribution is -2.31. The Morgan fingerprint density at radius 3 is 2.69 bits per heavy atom. The number of anilines is 1. The maximum absolute atomic E-state index is 13.1. The molecule has 190 valence electrons. The van der Waals surface area contributed by atoms with Crippen LogP contribution in [0.25, 0.3) is 0 Å². The van der Waals surface area contributed by atoms with Gasteiger partial charge in [0.05, 0.1) is 39.5 Å². The monoisotopic (exact) mass is 547 g/mol. The van der Waals surface area contributed by atoms with Crippen molar-refractivity contribution in [3.63, 3.8) is 0 Å². The largest absolute Gasteiger partial charge is 0.495 e. The zero-order valence-electron chi connectivity index (χ0n) is 19.9. The van der Waals surface area contributed by atoms with Gasteiger partial charge in [0.25, 0.3) is 0 Å². The zero-order valence-corrected chi connectivity index (χ0v) is 22.2. The highest BCUT2D eigenvalue weighted by molar-refractivity contribution is 7.90. The first kappa shape index (κ1) is 26.3. The first-order valence-electron chi connectivity index (χ1n) is 11.4. The Morgan fingerprint density at radius 2 is 1.92 bits per heavy atom. The number of carbonyl (C=O) groups is 1. The molecule has 1 aliphatic rings. The number of hydrogen-bond acceptors (Lipinski definition) is 5. The number of fused-ring (bicyclic) bond motifs is 1. The van der Waals surface area contributed by atoms with Crippen molar-refractivity contribution >= 4 is 44.8 Å². The van der Waals surface area contributed by atoms with Gasteiger partial charge in [-0.05, 0) is 60.3 Å². The Morgan fingerprint density at radius 1 is 1.11 bits per heavy atom. The molecule has 3 aromatic carbocycles. The molecule has 3 aromatic rings. The number of benzene rings is 3. The number of hydrogen-bond donors (Lipinski definition) is 3. The van der Waals surface area contributed by atoms with Gasteiger partial charge in [0.15, 0.2) is 9.84 Å². The smallest absolute Gasteiger partial charge is 0.319 e. The molecule has 0 fully saturated rings. The second-order valence-electron chi connectivity index (χ2n) is 8.61. The number of rotatable bonds is 7. The van der Waals surface area contributed by atoms with Crippen LogP contribution in [0.5, 0.6) is 5.75 Å². The maximum Gasteiger partial charge on any atom is 0.319 e. The van der Waals surface area contributed by atoms with Gasteiger partial charge in [0, 0.05) is 12.6 Å². The summed E-state index contributed by atoms with van der Waals surface area (Å²) in [5.74, 6) is 0.110. The number of nitrogens with one attached hydrogen (secondary N) is 3. The third-order valence-electron chi connectivity index (χ3n) is 6.09. The Bertz CT molecular complexity index is 1400. The highest BCUT2D eigenvalue weighted by Crippen LogP contribution is 2.31. The van der Waals surface area contributed by atoms with E-state index in [9.17, 15) is 13.2 Å². The number of urea groups is 1. The molecule has 36 heavy (non-hydrogen) atoms. The van der Waals surface area contributed by atoms with E-state index in [1.54, 1.807) is 25.1 Å².